The summed E-state index contributed by atoms with van der Waals surface area (Å²) in [5, 5.41) is 1.89. The third-order valence-corrected chi connectivity index (χ3v) is 6.38. The van der Waals surface area contributed by atoms with Crippen LogP contribution in [0.2, 0.25) is 10.0 Å². The highest BCUT2D eigenvalue weighted by molar-refractivity contribution is 8.00. The topological polar surface area (TPSA) is 33.2 Å². The number of anilines is 1. The predicted octanol–water partition coefficient (Wildman–Crippen LogP) is 5.38. The van der Waals surface area contributed by atoms with Crippen LogP contribution in [0.15, 0.2) is 42.5 Å². The van der Waals surface area contributed by atoms with Crippen LogP contribution in [0.3, 0.4) is 0 Å². The summed E-state index contributed by atoms with van der Waals surface area (Å²) in [4.78, 5) is 18.7. The second-order valence-electron chi connectivity index (χ2n) is 5.06. The maximum Gasteiger partial charge on any atom is 0.240 e. The van der Waals surface area contributed by atoms with Crippen LogP contribution in [0.4, 0.5) is 5.13 Å². The summed E-state index contributed by atoms with van der Waals surface area (Å²) in [5.41, 5.74) is 1.78. The monoisotopic (exact) mass is 380 g/mol. The Hall–Kier alpha value is -1.27. The number of halogens is 2. The molecule has 0 aliphatic carbocycles. The fourth-order valence-electron chi connectivity index (χ4n) is 2.51. The van der Waals surface area contributed by atoms with Crippen molar-refractivity contribution in [1.29, 1.82) is 0 Å². The number of hydrogen-bond acceptors (Lipinski definition) is 4. The largest absolute Gasteiger partial charge is 0.273 e. The summed E-state index contributed by atoms with van der Waals surface area (Å²) < 4.78 is 0.979. The molecule has 1 unspecified atom stereocenters. The highest BCUT2D eigenvalue weighted by atomic mass is 35.5. The van der Waals surface area contributed by atoms with Crippen LogP contribution >= 0.6 is 46.3 Å². The van der Waals surface area contributed by atoms with E-state index in [9.17, 15) is 4.79 Å². The van der Waals surface area contributed by atoms with Crippen molar-refractivity contribution in [2.45, 2.75) is 5.37 Å². The maximum absolute atomic E-state index is 12.4. The standard InChI is InChI=1S/C16H10Cl2N2OS2/c17-10-6-4-9(5-7-10)15-20(13(21)8-22-15)16-19-14-11(18)2-1-3-12(14)23-16/h1-7,15H,8H2. The van der Waals surface area contributed by atoms with Crippen molar-refractivity contribution in [2.75, 3.05) is 10.7 Å². The third-order valence-electron chi connectivity index (χ3n) is 3.59. The summed E-state index contributed by atoms with van der Waals surface area (Å²) in [6.45, 7) is 0. The van der Waals surface area contributed by atoms with Crippen molar-refractivity contribution < 1.29 is 4.79 Å². The van der Waals surface area contributed by atoms with Crippen LogP contribution in [-0.2, 0) is 4.79 Å². The lowest BCUT2D eigenvalue weighted by Crippen LogP contribution is -2.27. The second-order valence-corrected chi connectivity index (χ2v) is 7.98. The van der Waals surface area contributed by atoms with E-state index in [1.807, 2.05) is 42.5 Å². The van der Waals surface area contributed by atoms with E-state index in [1.165, 1.54) is 11.3 Å². The van der Waals surface area contributed by atoms with Gasteiger partial charge in [0.25, 0.3) is 0 Å². The van der Waals surface area contributed by atoms with Crippen molar-refractivity contribution in [3.05, 3.63) is 58.1 Å². The van der Waals surface area contributed by atoms with Crippen molar-refractivity contribution in [1.82, 2.24) is 4.98 Å². The first-order valence-electron chi connectivity index (χ1n) is 6.87. The third kappa shape index (κ3) is 2.72. The maximum atomic E-state index is 12.4. The van der Waals surface area contributed by atoms with Crippen LogP contribution in [0.25, 0.3) is 10.2 Å². The summed E-state index contributed by atoms with van der Waals surface area (Å²) in [5.74, 6) is 0.502. The fraction of sp³-hybridized carbons (Fsp3) is 0.125. The molecule has 1 amide bonds. The van der Waals surface area contributed by atoms with Crippen LogP contribution in [0, 0.1) is 0 Å². The molecule has 0 N–H and O–H groups in total. The Morgan fingerprint density at radius 3 is 2.65 bits per heavy atom. The molecule has 1 aliphatic heterocycles. The second kappa shape index (κ2) is 5.98. The molecule has 4 rings (SSSR count). The Morgan fingerprint density at radius 2 is 1.91 bits per heavy atom. The van der Waals surface area contributed by atoms with Gasteiger partial charge in [-0.1, -0.05) is 52.7 Å². The molecule has 116 valence electrons. The van der Waals surface area contributed by atoms with Crippen molar-refractivity contribution in [2.24, 2.45) is 0 Å². The quantitative estimate of drug-likeness (QED) is 0.597. The minimum Gasteiger partial charge on any atom is -0.273 e. The van der Waals surface area contributed by atoms with Crippen LogP contribution < -0.4 is 4.90 Å². The normalized spacial score (nSPS) is 18.1. The number of para-hydroxylation sites is 1. The van der Waals surface area contributed by atoms with E-state index in [-0.39, 0.29) is 11.3 Å². The van der Waals surface area contributed by atoms with Gasteiger partial charge in [-0.05, 0) is 29.8 Å². The SMILES string of the molecule is O=C1CSC(c2ccc(Cl)cc2)N1c1nc2c(Cl)cccc2s1. The lowest BCUT2D eigenvalue weighted by Gasteiger charge is -2.21. The van der Waals surface area contributed by atoms with E-state index in [4.69, 9.17) is 23.2 Å². The van der Waals surface area contributed by atoms with Gasteiger partial charge in [0.05, 0.1) is 15.5 Å². The van der Waals surface area contributed by atoms with E-state index in [2.05, 4.69) is 4.98 Å². The molecule has 2 aromatic carbocycles. The van der Waals surface area contributed by atoms with Crippen molar-refractivity contribution in [3.63, 3.8) is 0 Å². The summed E-state index contributed by atoms with van der Waals surface area (Å²) in [6.07, 6.45) is 0. The lowest BCUT2D eigenvalue weighted by molar-refractivity contribution is -0.115. The van der Waals surface area contributed by atoms with Gasteiger partial charge in [0, 0.05) is 5.02 Å². The molecule has 23 heavy (non-hydrogen) atoms. The predicted molar refractivity (Wildman–Crippen MR) is 98.8 cm³/mol. The zero-order valence-corrected chi connectivity index (χ0v) is 14.8. The van der Waals surface area contributed by atoms with E-state index < -0.39 is 0 Å². The highest BCUT2D eigenvalue weighted by Gasteiger charge is 2.36. The van der Waals surface area contributed by atoms with Crippen molar-refractivity contribution >= 4 is 67.6 Å². The highest BCUT2D eigenvalue weighted by Crippen LogP contribution is 2.44. The average Bonchev–Trinajstić information content (AvgIpc) is 3.12. The summed E-state index contributed by atoms with van der Waals surface area (Å²) in [6, 6.07) is 13.3. The van der Waals surface area contributed by atoms with E-state index in [0.717, 1.165) is 15.8 Å². The number of hydrogen-bond donors (Lipinski definition) is 0. The molecule has 0 bridgehead atoms. The van der Waals surface area contributed by atoms with Crippen LogP contribution in [-0.4, -0.2) is 16.6 Å². The molecule has 0 saturated carbocycles. The molecule has 7 heteroatoms. The van der Waals surface area contributed by atoms with Gasteiger partial charge in [-0.2, -0.15) is 0 Å². The Kier molecular flexibility index (Phi) is 3.97. The number of carbonyl (C=O) groups is 1. The Bertz CT molecular complexity index is 895. The average molecular weight is 381 g/mol. The smallest absolute Gasteiger partial charge is 0.240 e. The molecule has 1 aliphatic rings. The van der Waals surface area contributed by atoms with Gasteiger partial charge in [-0.3, -0.25) is 9.69 Å². The molecule has 1 fully saturated rings. The number of carbonyl (C=O) groups excluding carboxylic acids is 1. The van der Waals surface area contributed by atoms with E-state index in [0.29, 0.717) is 20.9 Å². The first-order chi connectivity index (χ1) is 11.1. The van der Waals surface area contributed by atoms with Gasteiger partial charge in [0.1, 0.15) is 10.9 Å². The number of thiazole rings is 1. The molecule has 2 heterocycles. The van der Waals surface area contributed by atoms with Gasteiger partial charge in [-0.25, -0.2) is 4.98 Å². The molecule has 3 nitrogen and oxygen atoms in total. The number of thioether (sulfide) groups is 1. The van der Waals surface area contributed by atoms with E-state index in [1.54, 1.807) is 16.7 Å². The number of benzene rings is 2. The fourth-order valence-corrected chi connectivity index (χ4v) is 5.17. The van der Waals surface area contributed by atoms with Crippen LogP contribution in [0.5, 0.6) is 0 Å². The molecule has 1 aromatic heterocycles. The first kappa shape index (κ1) is 15.3. The van der Waals surface area contributed by atoms with Gasteiger partial charge >= 0.3 is 0 Å². The number of rotatable bonds is 2. The minimum atomic E-state index is -0.0842. The van der Waals surface area contributed by atoms with Gasteiger partial charge in [-0.15, -0.1) is 11.8 Å². The molecular formula is C16H10Cl2N2OS2. The summed E-state index contributed by atoms with van der Waals surface area (Å²) in [7, 11) is 0. The molecule has 0 spiro atoms. The Morgan fingerprint density at radius 1 is 1.13 bits per heavy atom. The zero-order chi connectivity index (χ0) is 16.0. The van der Waals surface area contributed by atoms with Crippen LogP contribution in [0.1, 0.15) is 10.9 Å². The first-order valence-corrected chi connectivity index (χ1v) is 9.50. The Labute approximate surface area is 151 Å². The minimum absolute atomic E-state index is 0.0603. The summed E-state index contributed by atoms with van der Waals surface area (Å²) >= 11 is 15.2. The Balaban J connectivity index is 1.78. The molecule has 0 radical (unpaired) electrons. The number of aromatic nitrogens is 1. The molecular weight excluding hydrogens is 371 g/mol. The molecule has 1 saturated heterocycles. The van der Waals surface area contributed by atoms with Crippen molar-refractivity contribution in [3.8, 4) is 0 Å². The number of nitrogens with zero attached hydrogens (tertiary/aromatic N) is 2. The van der Waals surface area contributed by atoms with Gasteiger partial charge in [0.2, 0.25) is 5.91 Å². The van der Waals surface area contributed by atoms with E-state index >= 15 is 0 Å². The number of fused-ring (bicyclic) bond motifs is 1. The molecule has 1 atom stereocenters. The zero-order valence-electron chi connectivity index (χ0n) is 11.7. The lowest BCUT2D eigenvalue weighted by atomic mass is 10.2. The number of amides is 1. The van der Waals surface area contributed by atoms with Gasteiger partial charge in [0.15, 0.2) is 5.13 Å². The van der Waals surface area contributed by atoms with Gasteiger partial charge < -0.3 is 0 Å². The molecule has 3 aromatic rings.